The van der Waals surface area contributed by atoms with E-state index in [4.69, 9.17) is 9.99 Å². The van der Waals surface area contributed by atoms with Crippen molar-refractivity contribution >= 4 is 24.0 Å². The van der Waals surface area contributed by atoms with Crippen molar-refractivity contribution < 1.29 is 42.5 Å². The van der Waals surface area contributed by atoms with E-state index in [0.717, 1.165) is 44.9 Å². The normalized spacial score (nSPS) is 28.2. The molecule has 7 nitrogen and oxygen atoms in total. The van der Waals surface area contributed by atoms with Gasteiger partial charge in [0, 0.05) is 0 Å². The smallest absolute Gasteiger partial charge is 0.415 e. The number of esters is 2. The molecule has 0 saturated heterocycles. The van der Waals surface area contributed by atoms with Crippen LogP contribution in [-0.2, 0) is 28.4 Å². The molecule has 0 radical (unpaired) electrons. The number of carbonyl (C=O) groups is 2. The number of alkyl halides is 2. The number of hydrogen-bond acceptors (Lipinski definition) is 8. The van der Waals surface area contributed by atoms with Gasteiger partial charge < -0.3 is 9.47 Å². The maximum Gasteiger partial charge on any atom is 0.415 e. The van der Waals surface area contributed by atoms with Gasteiger partial charge in [0.2, 0.25) is 0 Å². The van der Waals surface area contributed by atoms with Crippen molar-refractivity contribution in [3.8, 4) is 0 Å². The topological polar surface area (TPSA) is 91.3 Å². The average molecular weight is 384 g/mol. The first-order chi connectivity index (χ1) is 11.8. The highest BCUT2D eigenvalue weighted by molar-refractivity contribution is 7.96. The summed E-state index contributed by atoms with van der Waals surface area (Å²) in [5.41, 5.74) is -0.562. The van der Waals surface area contributed by atoms with E-state index >= 15 is 0 Å². The molecule has 2 aliphatic rings. The van der Waals surface area contributed by atoms with Crippen LogP contribution in [-0.4, -0.2) is 34.7 Å². The SMILES string of the molecule is CCCCC1(OC(=O)COC(=O)C(F)(F)SOOO)CC2CCC1C2. The maximum atomic E-state index is 13.2. The number of rotatable bonds is 10. The van der Waals surface area contributed by atoms with Gasteiger partial charge in [0.25, 0.3) is 0 Å². The van der Waals surface area contributed by atoms with Crippen LogP contribution in [0.4, 0.5) is 8.78 Å². The van der Waals surface area contributed by atoms with Gasteiger partial charge in [-0.25, -0.2) is 14.8 Å². The summed E-state index contributed by atoms with van der Waals surface area (Å²) >= 11 is -0.741. The van der Waals surface area contributed by atoms with E-state index in [9.17, 15) is 18.4 Å². The Bertz CT molecular complexity index is 491. The van der Waals surface area contributed by atoms with E-state index in [1.54, 1.807) is 0 Å². The zero-order chi connectivity index (χ0) is 18.5. The van der Waals surface area contributed by atoms with Crippen LogP contribution >= 0.6 is 12.0 Å². The third kappa shape index (κ3) is 5.02. The summed E-state index contributed by atoms with van der Waals surface area (Å²) < 4.78 is 39.9. The van der Waals surface area contributed by atoms with E-state index in [1.807, 2.05) is 6.92 Å². The first-order valence-electron chi connectivity index (χ1n) is 8.25. The molecule has 2 bridgehead atoms. The molecule has 2 aliphatic carbocycles. The quantitative estimate of drug-likeness (QED) is 0.265. The highest BCUT2D eigenvalue weighted by Crippen LogP contribution is 2.54. The lowest BCUT2D eigenvalue weighted by Gasteiger charge is -2.37. The van der Waals surface area contributed by atoms with E-state index < -0.39 is 41.4 Å². The molecular weight excluding hydrogens is 362 g/mol. The van der Waals surface area contributed by atoms with Crippen molar-refractivity contribution in [2.75, 3.05) is 6.61 Å². The van der Waals surface area contributed by atoms with Crippen LogP contribution in [0.15, 0.2) is 0 Å². The fraction of sp³-hybridized carbons (Fsp3) is 0.867. The lowest BCUT2D eigenvalue weighted by molar-refractivity contribution is -0.433. The van der Waals surface area contributed by atoms with Crippen molar-refractivity contribution in [3.05, 3.63) is 0 Å². The first-order valence-corrected chi connectivity index (χ1v) is 9.00. The number of unbranched alkanes of at least 4 members (excludes halogenated alkanes) is 1. The molecule has 10 heteroatoms. The number of ether oxygens (including phenoxy) is 2. The van der Waals surface area contributed by atoms with E-state index in [2.05, 4.69) is 14.1 Å². The summed E-state index contributed by atoms with van der Waals surface area (Å²) in [7, 11) is 0. The highest BCUT2D eigenvalue weighted by atomic mass is 32.2. The maximum absolute atomic E-state index is 13.2. The molecule has 0 aromatic rings. The minimum absolute atomic E-state index is 0.288. The molecular formula is C15H22F2O7S. The lowest BCUT2D eigenvalue weighted by Crippen LogP contribution is -2.42. The van der Waals surface area contributed by atoms with Gasteiger partial charge in [-0.05, 0) is 50.4 Å². The molecule has 3 unspecified atom stereocenters. The Labute approximate surface area is 148 Å². The van der Waals surface area contributed by atoms with Gasteiger partial charge in [-0.3, -0.25) is 0 Å². The zero-order valence-corrected chi connectivity index (χ0v) is 14.7. The van der Waals surface area contributed by atoms with Crippen LogP contribution in [0.1, 0.15) is 51.9 Å². The molecule has 2 saturated carbocycles. The largest absolute Gasteiger partial charge is 0.456 e. The van der Waals surface area contributed by atoms with Crippen LogP contribution in [0.2, 0.25) is 0 Å². The summed E-state index contributed by atoms with van der Waals surface area (Å²) in [6.45, 7) is 1.14. The Morgan fingerprint density at radius 3 is 2.68 bits per heavy atom. The third-order valence-corrected chi connectivity index (χ3v) is 5.42. The average Bonchev–Trinajstić information content (AvgIpc) is 3.17. The molecule has 0 aliphatic heterocycles. The second-order valence-corrected chi connectivity index (χ2v) is 7.36. The summed E-state index contributed by atoms with van der Waals surface area (Å²) in [6, 6.07) is 0. The van der Waals surface area contributed by atoms with Gasteiger partial charge in [-0.1, -0.05) is 18.4 Å². The standard InChI is InChI=1S/C15H22F2O7S/c1-2-3-6-14(8-10-4-5-11(14)7-10)22-12(18)9-21-13(19)15(16,17)25-24-23-20/h10-11,20H,2-9H2,1H3. The van der Waals surface area contributed by atoms with Crippen LogP contribution in [0, 0.1) is 11.8 Å². The minimum atomic E-state index is -4.13. The molecule has 0 aromatic heterocycles. The molecule has 25 heavy (non-hydrogen) atoms. The molecule has 0 heterocycles. The fourth-order valence-electron chi connectivity index (χ4n) is 3.91. The molecule has 0 aromatic carbocycles. The highest BCUT2D eigenvalue weighted by Gasteiger charge is 2.53. The number of halogens is 2. The van der Waals surface area contributed by atoms with E-state index in [1.165, 1.54) is 0 Å². The van der Waals surface area contributed by atoms with Crippen LogP contribution in [0.3, 0.4) is 0 Å². The monoisotopic (exact) mass is 384 g/mol. The molecule has 3 atom stereocenters. The molecule has 1 N–H and O–H groups in total. The first kappa shape index (κ1) is 20.3. The van der Waals surface area contributed by atoms with Crippen LogP contribution in [0.25, 0.3) is 0 Å². The van der Waals surface area contributed by atoms with Gasteiger partial charge in [0.05, 0.1) is 0 Å². The van der Waals surface area contributed by atoms with Gasteiger partial charge in [0.15, 0.2) is 6.61 Å². The zero-order valence-electron chi connectivity index (χ0n) is 13.9. The Hall–Kier alpha value is -0.970. The van der Waals surface area contributed by atoms with E-state index in [-0.39, 0.29) is 5.92 Å². The van der Waals surface area contributed by atoms with Crippen LogP contribution in [0.5, 0.6) is 0 Å². The second kappa shape index (κ2) is 8.61. The second-order valence-electron chi connectivity index (χ2n) is 6.54. The Balaban J connectivity index is 1.86. The fourth-order valence-corrected chi connectivity index (χ4v) is 4.15. The van der Waals surface area contributed by atoms with Crippen molar-refractivity contribution in [1.29, 1.82) is 0 Å². The molecule has 144 valence electrons. The number of carbonyl (C=O) groups excluding carboxylic acids is 2. The van der Waals surface area contributed by atoms with Gasteiger partial charge >= 0.3 is 17.2 Å². The minimum Gasteiger partial charge on any atom is -0.456 e. The summed E-state index contributed by atoms with van der Waals surface area (Å²) in [6.07, 6.45) is 6.52. The third-order valence-electron chi connectivity index (χ3n) is 4.92. The molecule has 2 fully saturated rings. The van der Waals surface area contributed by atoms with Gasteiger partial charge in [0.1, 0.15) is 17.6 Å². The lowest BCUT2D eigenvalue weighted by atomic mass is 9.80. The Morgan fingerprint density at radius 2 is 2.12 bits per heavy atom. The van der Waals surface area contributed by atoms with Gasteiger partial charge in [-0.15, -0.1) is 4.33 Å². The Kier molecular flexibility index (Phi) is 7.01. The summed E-state index contributed by atoms with van der Waals surface area (Å²) in [4.78, 5) is 23.3. The predicted octanol–water partition coefficient (Wildman–Crippen LogP) is 3.48. The van der Waals surface area contributed by atoms with Crippen LogP contribution < -0.4 is 0 Å². The number of hydrogen-bond donors (Lipinski definition) is 1. The van der Waals surface area contributed by atoms with Gasteiger partial charge in [-0.2, -0.15) is 8.78 Å². The predicted molar refractivity (Wildman–Crippen MR) is 82.1 cm³/mol. The van der Waals surface area contributed by atoms with E-state index in [0.29, 0.717) is 5.92 Å². The van der Waals surface area contributed by atoms with Crippen molar-refractivity contribution in [3.63, 3.8) is 0 Å². The molecule has 0 amide bonds. The van der Waals surface area contributed by atoms with Crippen molar-refractivity contribution in [1.82, 2.24) is 0 Å². The number of fused-ring (bicyclic) bond motifs is 2. The molecule has 2 rings (SSSR count). The Morgan fingerprint density at radius 1 is 1.36 bits per heavy atom. The van der Waals surface area contributed by atoms with Crippen molar-refractivity contribution in [2.45, 2.75) is 62.7 Å². The summed E-state index contributed by atoms with van der Waals surface area (Å²) in [5.74, 6) is -2.00. The summed E-state index contributed by atoms with van der Waals surface area (Å²) in [5, 5.41) is 6.71. The molecule has 0 spiro atoms. The van der Waals surface area contributed by atoms with Crippen molar-refractivity contribution in [2.24, 2.45) is 11.8 Å².